The lowest BCUT2D eigenvalue weighted by molar-refractivity contribution is 0.445. The predicted molar refractivity (Wildman–Crippen MR) is 68.2 cm³/mol. The van der Waals surface area contributed by atoms with Crippen LogP contribution in [0.1, 0.15) is 0 Å². The van der Waals surface area contributed by atoms with E-state index < -0.39 is 17.5 Å². The Morgan fingerprint density at radius 2 is 1.90 bits per heavy atom. The number of imidazole rings is 1. The van der Waals surface area contributed by atoms with Gasteiger partial charge in [-0.05, 0) is 18.2 Å². The summed E-state index contributed by atoms with van der Waals surface area (Å²) >= 11 is 5.77. The van der Waals surface area contributed by atoms with Gasteiger partial charge in [0.25, 0.3) is 0 Å². The van der Waals surface area contributed by atoms with Crippen molar-refractivity contribution in [3.8, 4) is 5.69 Å². The van der Waals surface area contributed by atoms with E-state index in [1.165, 1.54) is 12.3 Å². The van der Waals surface area contributed by atoms with Gasteiger partial charge in [-0.1, -0.05) is 11.6 Å². The maximum atomic E-state index is 13.8. The number of rotatable bonds is 1. The van der Waals surface area contributed by atoms with Gasteiger partial charge in [0.2, 0.25) is 5.95 Å². The van der Waals surface area contributed by atoms with E-state index in [9.17, 15) is 13.2 Å². The molecule has 2 N–H and O–H groups in total. The Kier molecular flexibility index (Phi) is 2.79. The standard InChI is InChI=1S/C12H6ClF3N4/c13-5-3-7-11(18-4-5)20(12(17)19-7)8-2-1-6(14)9(15)10(8)16/h1-4H,(H2,17,19). The third-order valence-electron chi connectivity index (χ3n) is 2.75. The molecule has 3 rings (SSSR count). The zero-order chi connectivity index (χ0) is 14.4. The van der Waals surface area contributed by atoms with Crippen LogP contribution in [0.3, 0.4) is 0 Å². The highest BCUT2D eigenvalue weighted by atomic mass is 35.5. The second-order valence-corrected chi connectivity index (χ2v) is 4.43. The summed E-state index contributed by atoms with van der Waals surface area (Å²) in [5, 5.41) is 0.327. The number of anilines is 1. The van der Waals surface area contributed by atoms with Gasteiger partial charge in [-0.25, -0.2) is 23.1 Å². The summed E-state index contributed by atoms with van der Waals surface area (Å²) in [5.41, 5.74) is 5.91. The molecule has 20 heavy (non-hydrogen) atoms. The number of aromatic nitrogens is 3. The molecule has 2 heterocycles. The highest BCUT2D eigenvalue weighted by molar-refractivity contribution is 6.31. The Labute approximate surface area is 115 Å². The minimum Gasteiger partial charge on any atom is -0.369 e. The Bertz CT molecular complexity index is 831. The SMILES string of the molecule is Nc1nc2cc(Cl)cnc2n1-c1ccc(F)c(F)c1F. The summed E-state index contributed by atoms with van der Waals surface area (Å²) in [6, 6.07) is 3.34. The molecule has 0 aliphatic carbocycles. The van der Waals surface area contributed by atoms with E-state index in [2.05, 4.69) is 9.97 Å². The molecule has 0 saturated carbocycles. The van der Waals surface area contributed by atoms with Crippen molar-refractivity contribution >= 4 is 28.7 Å². The molecule has 1 aromatic carbocycles. The first-order valence-corrected chi connectivity index (χ1v) is 5.80. The molecule has 8 heteroatoms. The number of hydrogen-bond acceptors (Lipinski definition) is 3. The van der Waals surface area contributed by atoms with E-state index in [-0.39, 0.29) is 17.3 Å². The highest BCUT2D eigenvalue weighted by Gasteiger charge is 2.19. The van der Waals surface area contributed by atoms with Crippen molar-refractivity contribution in [3.63, 3.8) is 0 Å². The van der Waals surface area contributed by atoms with Crippen molar-refractivity contribution in [2.45, 2.75) is 0 Å². The van der Waals surface area contributed by atoms with Crippen LogP contribution in [0.15, 0.2) is 24.4 Å². The number of hydrogen-bond donors (Lipinski definition) is 1. The smallest absolute Gasteiger partial charge is 0.207 e. The Hall–Kier alpha value is -2.28. The molecule has 0 atom stereocenters. The van der Waals surface area contributed by atoms with E-state index in [1.807, 2.05) is 0 Å². The van der Waals surface area contributed by atoms with Crippen molar-refractivity contribution in [2.24, 2.45) is 0 Å². The number of halogens is 4. The molecule has 0 bridgehead atoms. The molecule has 2 aromatic heterocycles. The molecule has 0 unspecified atom stereocenters. The highest BCUT2D eigenvalue weighted by Crippen LogP contribution is 2.26. The fraction of sp³-hybridized carbons (Fsp3) is 0. The van der Waals surface area contributed by atoms with Crippen LogP contribution < -0.4 is 5.73 Å². The van der Waals surface area contributed by atoms with Crippen molar-refractivity contribution in [1.29, 1.82) is 0 Å². The number of fused-ring (bicyclic) bond motifs is 1. The van der Waals surface area contributed by atoms with E-state index in [0.29, 0.717) is 10.5 Å². The maximum absolute atomic E-state index is 13.8. The fourth-order valence-electron chi connectivity index (χ4n) is 1.88. The second-order valence-electron chi connectivity index (χ2n) is 4.00. The summed E-state index contributed by atoms with van der Waals surface area (Å²) in [6.45, 7) is 0. The van der Waals surface area contributed by atoms with Crippen LogP contribution >= 0.6 is 11.6 Å². The molecule has 0 aliphatic heterocycles. The molecule has 0 radical (unpaired) electrons. The quantitative estimate of drug-likeness (QED) is 0.702. The molecule has 0 fully saturated rings. The minimum atomic E-state index is -1.59. The van der Waals surface area contributed by atoms with Gasteiger partial charge in [-0.2, -0.15) is 0 Å². The normalized spacial score (nSPS) is 11.2. The summed E-state index contributed by atoms with van der Waals surface area (Å²) in [5.74, 6) is -4.35. The first-order valence-electron chi connectivity index (χ1n) is 5.42. The van der Waals surface area contributed by atoms with E-state index in [1.54, 1.807) is 0 Å². The average Bonchev–Trinajstić information content (AvgIpc) is 2.72. The number of nitrogens with two attached hydrogens (primary N) is 1. The molecular formula is C12H6ClF3N4. The molecule has 0 spiro atoms. The van der Waals surface area contributed by atoms with Crippen molar-refractivity contribution in [1.82, 2.24) is 14.5 Å². The summed E-state index contributed by atoms with van der Waals surface area (Å²) in [4.78, 5) is 7.93. The Balaban J connectivity index is 2.35. The number of nitrogens with zero attached hydrogens (tertiary/aromatic N) is 3. The zero-order valence-corrected chi connectivity index (χ0v) is 10.5. The number of benzene rings is 1. The van der Waals surface area contributed by atoms with Crippen molar-refractivity contribution in [2.75, 3.05) is 5.73 Å². The molecule has 102 valence electrons. The van der Waals surface area contributed by atoms with E-state index in [4.69, 9.17) is 17.3 Å². The van der Waals surface area contributed by atoms with Gasteiger partial charge >= 0.3 is 0 Å². The van der Waals surface area contributed by atoms with Crippen LogP contribution in [0, 0.1) is 17.5 Å². The van der Waals surface area contributed by atoms with Crippen molar-refractivity contribution < 1.29 is 13.2 Å². The summed E-state index contributed by atoms with van der Waals surface area (Å²) < 4.78 is 41.2. The lowest BCUT2D eigenvalue weighted by Crippen LogP contribution is -2.06. The Morgan fingerprint density at radius 3 is 2.65 bits per heavy atom. The molecule has 0 amide bonds. The van der Waals surface area contributed by atoms with E-state index in [0.717, 1.165) is 16.7 Å². The second kappa shape index (κ2) is 4.38. The van der Waals surface area contributed by atoms with Gasteiger partial charge in [0.15, 0.2) is 23.1 Å². The first-order chi connectivity index (χ1) is 9.49. The third kappa shape index (κ3) is 1.78. The Morgan fingerprint density at radius 1 is 1.15 bits per heavy atom. The fourth-order valence-corrected chi connectivity index (χ4v) is 2.04. The number of nitrogen functional groups attached to an aromatic ring is 1. The minimum absolute atomic E-state index is 0.111. The molecular weight excluding hydrogens is 293 g/mol. The average molecular weight is 299 g/mol. The molecule has 3 aromatic rings. The number of pyridine rings is 1. The monoisotopic (exact) mass is 298 g/mol. The van der Waals surface area contributed by atoms with Crippen LogP contribution in [-0.2, 0) is 0 Å². The predicted octanol–water partition coefficient (Wildman–Crippen LogP) is 3.07. The topological polar surface area (TPSA) is 56.7 Å². The van der Waals surface area contributed by atoms with Crippen LogP contribution in [0.5, 0.6) is 0 Å². The van der Waals surface area contributed by atoms with Gasteiger partial charge in [0, 0.05) is 6.20 Å². The van der Waals surface area contributed by atoms with Crippen molar-refractivity contribution in [3.05, 3.63) is 46.9 Å². The molecule has 4 nitrogen and oxygen atoms in total. The van der Waals surface area contributed by atoms with E-state index >= 15 is 0 Å². The van der Waals surface area contributed by atoms with Gasteiger partial charge < -0.3 is 5.73 Å². The van der Waals surface area contributed by atoms with Gasteiger partial charge in [-0.15, -0.1) is 0 Å². The van der Waals surface area contributed by atoms with Gasteiger partial charge in [0.1, 0.15) is 5.52 Å². The first kappa shape index (κ1) is 12.7. The molecule has 0 saturated heterocycles. The van der Waals surface area contributed by atoms with Gasteiger partial charge in [0.05, 0.1) is 10.7 Å². The largest absolute Gasteiger partial charge is 0.369 e. The maximum Gasteiger partial charge on any atom is 0.207 e. The van der Waals surface area contributed by atoms with Crippen LogP contribution in [-0.4, -0.2) is 14.5 Å². The van der Waals surface area contributed by atoms with Crippen LogP contribution in [0.4, 0.5) is 19.1 Å². The summed E-state index contributed by atoms with van der Waals surface area (Å²) in [6.07, 6.45) is 1.32. The zero-order valence-electron chi connectivity index (χ0n) is 9.74. The molecule has 0 aliphatic rings. The van der Waals surface area contributed by atoms with Crippen LogP contribution in [0.25, 0.3) is 16.9 Å². The van der Waals surface area contributed by atoms with Gasteiger partial charge in [-0.3, -0.25) is 4.57 Å². The summed E-state index contributed by atoms with van der Waals surface area (Å²) in [7, 11) is 0. The van der Waals surface area contributed by atoms with Crippen LogP contribution in [0.2, 0.25) is 5.02 Å². The third-order valence-corrected chi connectivity index (χ3v) is 2.95. The lowest BCUT2D eigenvalue weighted by atomic mass is 10.2. The lowest BCUT2D eigenvalue weighted by Gasteiger charge is -2.08.